The molecule has 2 saturated carbocycles. The molecular formula is C28H57N3. The second-order valence-electron chi connectivity index (χ2n) is 12.3. The maximum atomic E-state index is 3.73. The van der Waals surface area contributed by atoms with Crippen molar-refractivity contribution in [2.45, 2.75) is 105 Å². The van der Waals surface area contributed by atoms with Gasteiger partial charge >= 0.3 is 0 Å². The summed E-state index contributed by atoms with van der Waals surface area (Å²) < 4.78 is 0. The molecule has 6 atom stereocenters. The molecule has 3 nitrogen and oxygen atoms in total. The maximum Gasteiger partial charge on any atom is 0.0132 e. The van der Waals surface area contributed by atoms with E-state index in [1.54, 1.807) is 0 Å². The predicted octanol–water partition coefficient (Wildman–Crippen LogP) is 6.14. The molecule has 31 heavy (non-hydrogen) atoms. The molecule has 2 fully saturated rings. The van der Waals surface area contributed by atoms with Gasteiger partial charge in [0.1, 0.15) is 0 Å². The van der Waals surface area contributed by atoms with Crippen LogP contribution in [0.5, 0.6) is 0 Å². The van der Waals surface area contributed by atoms with Crippen molar-refractivity contribution in [3.8, 4) is 0 Å². The van der Waals surface area contributed by atoms with Crippen LogP contribution in [-0.2, 0) is 0 Å². The molecular weight excluding hydrogens is 378 g/mol. The molecule has 0 aromatic heterocycles. The van der Waals surface area contributed by atoms with Gasteiger partial charge in [0, 0.05) is 12.1 Å². The minimum atomic E-state index is 0.800. The van der Waals surface area contributed by atoms with Gasteiger partial charge in [-0.3, -0.25) is 4.90 Å². The molecule has 0 aromatic carbocycles. The zero-order valence-electron chi connectivity index (χ0n) is 22.5. The van der Waals surface area contributed by atoms with Crippen molar-refractivity contribution >= 4 is 0 Å². The third-order valence-electron chi connectivity index (χ3n) is 8.56. The van der Waals surface area contributed by atoms with E-state index in [0.717, 1.165) is 54.1 Å². The Kier molecular flexibility index (Phi) is 11.9. The lowest BCUT2D eigenvalue weighted by Gasteiger charge is -2.52. The molecule has 2 aliphatic rings. The third kappa shape index (κ3) is 8.63. The summed E-state index contributed by atoms with van der Waals surface area (Å²) in [4.78, 5) is 5.37. The Hall–Kier alpha value is -0.120. The Morgan fingerprint density at radius 2 is 1.16 bits per heavy atom. The molecule has 3 heteroatoms. The van der Waals surface area contributed by atoms with Crippen LogP contribution >= 0.6 is 0 Å². The van der Waals surface area contributed by atoms with Crippen LogP contribution in [-0.4, -0.2) is 62.2 Å². The first-order valence-corrected chi connectivity index (χ1v) is 13.8. The Morgan fingerprint density at radius 1 is 0.710 bits per heavy atom. The number of rotatable bonds is 12. The van der Waals surface area contributed by atoms with Crippen molar-refractivity contribution in [1.29, 1.82) is 0 Å². The average Bonchev–Trinajstić information content (AvgIpc) is 2.69. The lowest BCUT2D eigenvalue weighted by molar-refractivity contribution is -0.0231. The van der Waals surface area contributed by atoms with E-state index in [1.807, 2.05) is 0 Å². The molecule has 0 bridgehead atoms. The number of hydrogen-bond acceptors (Lipinski definition) is 3. The molecule has 0 spiro atoms. The van der Waals surface area contributed by atoms with Crippen molar-refractivity contribution in [2.75, 3.05) is 40.3 Å². The van der Waals surface area contributed by atoms with Gasteiger partial charge in [-0.1, -0.05) is 54.4 Å². The summed E-state index contributed by atoms with van der Waals surface area (Å²) in [6.07, 6.45) is 11.2. The second-order valence-corrected chi connectivity index (χ2v) is 12.3. The van der Waals surface area contributed by atoms with E-state index in [9.17, 15) is 0 Å². The molecule has 0 radical (unpaired) electrons. The molecule has 6 unspecified atom stereocenters. The summed E-state index contributed by atoms with van der Waals surface area (Å²) in [5.74, 6) is 5.17. The molecule has 0 aliphatic heterocycles. The minimum absolute atomic E-state index is 0.800. The van der Waals surface area contributed by atoms with Crippen LogP contribution in [0, 0.1) is 35.5 Å². The Morgan fingerprint density at radius 3 is 1.58 bits per heavy atom. The van der Waals surface area contributed by atoms with Gasteiger partial charge in [0.05, 0.1) is 0 Å². The van der Waals surface area contributed by atoms with Crippen LogP contribution in [0.3, 0.4) is 0 Å². The highest BCUT2D eigenvalue weighted by molar-refractivity contribution is 4.95. The standard InChI is InChI=1S/C28H57N3/c1-21(2)25-13-11-23(5)19-27(25)31(18-10-16-29-15-9-17-30(7)8)28-20-24(6)12-14-26(28)22(3)4/h21-29H,9-20H2,1-8H3. The zero-order valence-corrected chi connectivity index (χ0v) is 22.5. The summed E-state index contributed by atoms with van der Waals surface area (Å²) >= 11 is 0. The summed E-state index contributed by atoms with van der Waals surface area (Å²) in [6.45, 7) is 19.8. The maximum absolute atomic E-state index is 3.73. The van der Waals surface area contributed by atoms with Gasteiger partial charge in [0.15, 0.2) is 0 Å². The predicted molar refractivity (Wildman–Crippen MR) is 138 cm³/mol. The first-order valence-electron chi connectivity index (χ1n) is 13.8. The van der Waals surface area contributed by atoms with Crippen molar-refractivity contribution < 1.29 is 0 Å². The summed E-state index contributed by atoms with van der Waals surface area (Å²) in [5, 5.41) is 3.73. The smallest absolute Gasteiger partial charge is 0.0132 e. The summed E-state index contributed by atoms with van der Waals surface area (Å²) in [6, 6.07) is 1.60. The monoisotopic (exact) mass is 435 g/mol. The highest BCUT2D eigenvalue weighted by Gasteiger charge is 2.41. The Labute approximate surface area is 196 Å². The van der Waals surface area contributed by atoms with Crippen molar-refractivity contribution in [2.24, 2.45) is 35.5 Å². The van der Waals surface area contributed by atoms with Gasteiger partial charge in [-0.15, -0.1) is 0 Å². The molecule has 0 heterocycles. The van der Waals surface area contributed by atoms with E-state index in [0.29, 0.717) is 0 Å². The first-order chi connectivity index (χ1) is 14.7. The second kappa shape index (κ2) is 13.6. The van der Waals surface area contributed by atoms with E-state index in [2.05, 4.69) is 70.8 Å². The number of hydrogen-bond donors (Lipinski definition) is 1. The van der Waals surface area contributed by atoms with Gasteiger partial charge < -0.3 is 10.2 Å². The minimum Gasteiger partial charge on any atom is -0.317 e. The van der Waals surface area contributed by atoms with Gasteiger partial charge in [-0.2, -0.15) is 0 Å². The molecule has 2 aliphatic carbocycles. The van der Waals surface area contributed by atoms with E-state index < -0.39 is 0 Å². The molecule has 2 rings (SSSR count). The van der Waals surface area contributed by atoms with Gasteiger partial charge in [-0.05, 0) is 114 Å². The quantitative estimate of drug-likeness (QED) is 0.371. The van der Waals surface area contributed by atoms with Crippen molar-refractivity contribution in [3.63, 3.8) is 0 Å². The van der Waals surface area contributed by atoms with E-state index in [-0.39, 0.29) is 0 Å². The largest absolute Gasteiger partial charge is 0.317 e. The van der Waals surface area contributed by atoms with Crippen LogP contribution in [0.2, 0.25) is 0 Å². The lowest BCUT2D eigenvalue weighted by atomic mass is 9.69. The molecule has 0 amide bonds. The number of nitrogens with one attached hydrogen (secondary N) is 1. The topological polar surface area (TPSA) is 18.5 Å². The molecule has 184 valence electrons. The van der Waals surface area contributed by atoms with E-state index in [1.165, 1.54) is 71.0 Å². The van der Waals surface area contributed by atoms with Crippen LogP contribution in [0.15, 0.2) is 0 Å². The normalized spacial score (nSPS) is 32.5. The zero-order chi connectivity index (χ0) is 23.0. The lowest BCUT2D eigenvalue weighted by Crippen LogP contribution is -2.55. The van der Waals surface area contributed by atoms with Crippen molar-refractivity contribution in [3.05, 3.63) is 0 Å². The van der Waals surface area contributed by atoms with E-state index in [4.69, 9.17) is 0 Å². The average molecular weight is 436 g/mol. The van der Waals surface area contributed by atoms with Gasteiger partial charge in [0.25, 0.3) is 0 Å². The fourth-order valence-electron chi connectivity index (χ4n) is 6.68. The number of nitrogens with zero attached hydrogens (tertiary/aromatic N) is 2. The summed E-state index contributed by atoms with van der Waals surface area (Å²) in [7, 11) is 4.34. The van der Waals surface area contributed by atoms with Crippen LogP contribution in [0.25, 0.3) is 0 Å². The third-order valence-corrected chi connectivity index (χ3v) is 8.56. The molecule has 1 N–H and O–H groups in total. The molecule has 0 aromatic rings. The highest BCUT2D eigenvalue weighted by Crippen LogP contribution is 2.42. The highest BCUT2D eigenvalue weighted by atomic mass is 15.2. The molecule has 0 saturated heterocycles. The van der Waals surface area contributed by atoms with Gasteiger partial charge in [0.2, 0.25) is 0 Å². The SMILES string of the molecule is CC1CCC(C(C)C)C(N(CCCNCCCN(C)C)C2CC(C)CCC2C(C)C)C1. The van der Waals surface area contributed by atoms with E-state index >= 15 is 0 Å². The van der Waals surface area contributed by atoms with Crippen LogP contribution in [0.4, 0.5) is 0 Å². The first kappa shape index (κ1) is 27.1. The fourth-order valence-corrected chi connectivity index (χ4v) is 6.68. The van der Waals surface area contributed by atoms with Gasteiger partial charge in [-0.25, -0.2) is 0 Å². The summed E-state index contributed by atoms with van der Waals surface area (Å²) in [5.41, 5.74) is 0. The Bertz CT molecular complexity index is 443. The van der Waals surface area contributed by atoms with Crippen LogP contribution < -0.4 is 5.32 Å². The van der Waals surface area contributed by atoms with Crippen LogP contribution in [0.1, 0.15) is 92.9 Å². The van der Waals surface area contributed by atoms with Crippen molar-refractivity contribution in [1.82, 2.24) is 15.1 Å². The Balaban J connectivity index is 2.08. The fraction of sp³-hybridized carbons (Fsp3) is 1.00.